The van der Waals surface area contributed by atoms with Gasteiger partial charge in [0.1, 0.15) is 5.82 Å². The molecule has 0 aliphatic heterocycles. The molecular weight excluding hydrogens is 224 g/mol. The maximum absolute atomic E-state index is 12.0. The third-order valence-corrected chi connectivity index (χ3v) is 2.13. The number of carbonyl (C=O) groups excluding carboxylic acids is 1. The molecule has 94 valence electrons. The largest absolute Gasteiger partial charge is 0.395 e. The molecule has 1 heterocycles. The van der Waals surface area contributed by atoms with Gasteiger partial charge < -0.3 is 20.5 Å². The SMILES string of the molecule is COCCN(CCO)C(=O)c1ccc(N)nn1. The van der Waals surface area contributed by atoms with E-state index in [2.05, 4.69) is 10.2 Å². The van der Waals surface area contributed by atoms with Crippen LogP contribution in [0, 0.1) is 0 Å². The van der Waals surface area contributed by atoms with Crippen molar-refractivity contribution >= 4 is 11.7 Å². The fourth-order valence-corrected chi connectivity index (χ4v) is 1.26. The quantitative estimate of drug-likeness (QED) is 0.671. The van der Waals surface area contributed by atoms with Crippen LogP contribution in [0.5, 0.6) is 0 Å². The van der Waals surface area contributed by atoms with Gasteiger partial charge in [0.25, 0.3) is 5.91 Å². The maximum Gasteiger partial charge on any atom is 0.274 e. The van der Waals surface area contributed by atoms with Crippen LogP contribution in [0.2, 0.25) is 0 Å². The molecule has 7 heteroatoms. The van der Waals surface area contributed by atoms with Crippen molar-refractivity contribution in [3.63, 3.8) is 0 Å². The Hall–Kier alpha value is -1.73. The molecule has 0 radical (unpaired) electrons. The molecule has 0 spiro atoms. The van der Waals surface area contributed by atoms with Gasteiger partial charge in [0.05, 0.1) is 13.2 Å². The van der Waals surface area contributed by atoms with Crippen molar-refractivity contribution in [2.75, 3.05) is 39.1 Å². The van der Waals surface area contributed by atoms with E-state index in [1.807, 2.05) is 0 Å². The Morgan fingerprint density at radius 3 is 2.76 bits per heavy atom. The molecule has 7 nitrogen and oxygen atoms in total. The molecule has 1 aromatic rings. The minimum Gasteiger partial charge on any atom is -0.395 e. The summed E-state index contributed by atoms with van der Waals surface area (Å²) in [6.07, 6.45) is 0. The number of aromatic nitrogens is 2. The molecule has 0 aliphatic rings. The molecule has 0 aromatic carbocycles. The summed E-state index contributed by atoms with van der Waals surface area (Å²) in [4.78, 5) is 13.4. The third-order valence-electron chi connectivity index (χ3n) is 2.13. The van der Waals surface area contributed by atoms with E-state index in [1.165, 1.54) is 17.0 Å². The Bertz CT molecular complexity index is 355. The predicted molar refractivity (Wildman–Crippen MR) is 61.3 cm³/mol. The molecule has 0 saturated carbocycles. The number of anilines is 1. The second-order valence-corrected chi connectivity index (χ2v) is 3.35. The van der Waals surface area contributed by atoms with E-state index < -0.39 is 0 Å². The van der Waals surface area contributed by atoms with Crippen molar-refractivity contribution in [3.05, 3.63) is 17.8 Å². The lowest BCUT2D eigenvalue weighted by Crippen LogP contribution is -2.36. The van der Waals surface area contributed by atoms with Gasteiger partial charge in [-0.1, -0.05) is 0 Å². The summed E-state index contributed by atoms with van der Waals surface area (Å²) in [5.41, 5.74) is 5.58. The number of hydrogen-bond donors (Lipinski definition) is 2. The molecule has 0 bridgehead atoms. The number of ether oxygens (including phenoxy) is 1. The number of amides is 1. The fraction of sp³-hybridized carbons (Fsp3) is 0.500. The molecule has 1 rings (SSSR count). The van der Waals surface area contributed by atoms with Crippen LogP contribution in [0.3, 0.4) is 0 Å². The Morgan fingerprint density at radius 2 is 2.24 bits per heavy atom. The van der Waals surface area contributed by atoms with Crippen molar-refractivity contribution in [1.82, 2.24) is 15.1 Å². The van der Waals surface area contributed by atoms with Gasteiger partial charge in [-0.25, -0.2) is 0 Å². The van der Waals surface area contributed by atoms with Crippen LogP contribution < -0.4 is 5.73 Å². The summed E-state index contributed by atoms with van der Waals surface area (Å²) >= 11 is 0. The predicted octanol–water partition coefficient (Wildman–Crippen LogP) is -0.860. The number of aliphatic hydroxyl groups is 1. The molecule has 0 saturated heterocycles. The van der Waals surface area contributed by atoms with Gasteiger partial charge in [0, 0.05) is 20.2 Å². The monoisotopic (exact) mass is 240 g/mol. The number of nitrogens with zero attached hydrogens (tertiary/aromatic N) is 3. The van der Waals surface area contributed by atoms with E-state index in [0.29, 0.717) is 13.2 Å². The highest BCUT2D eigenvalue weighted by Crippen LogP contribution is 2.02. The Kier molecular flexibility index (Phi) is 5.31. The topological polar surface area (TPSA) is 102 Å². The van der Waals surface area contributed by atoms with Gasteiger partial charge in [0.15, 0.2) is 5.69 Å². The Balaban J connectivity index is 2.72. The number of rotatable bonds is 6. The molecule has 0 aliphatic carbocycles. The van der Waals surface area contributed by atoms with E-state index in [-0.39, 0.29) is 30.6 Å². The molecule has 1 amide bonds. The van der Waals surface area contributed by atoms with Crippen LogP contribution in [-0.4, -0.2) is 59.5 Å². The number of methoxy groups -OCH3 is 1. The van der Waals surface area contributed by atoms with Crippen molar-refractivity contribution < 1.29 is 14.6 Å². The van der Waals surface area contributed by atoms with Gasteiger partial charge in [-0.3, -0.25) is 4.79 Å². The molecule has 1 aromatic heterocycles. The first-order valence-corrected chi connectivity index (χ1v) is 5.17. The number of hydrogen-bond acceptors (Lipinski definition) is 6. The van der Waals surface area contributed by atoms with Crippen LogP contribution in [0.25, 0.3) is 0 Å². The van der Waals surface area contributed by atoms with E-state index in [4.69, 9.17) is 15.6 Å². The molecule has 3 N–H and O–H groups in total. The normalized spacial score (nSPS) is 10.2. The van der Waals surface area contributed by atoms with Crippen molar-refractivity contribution in [3.8, 4) is 0 Å². The summed E-state index contributed by atoms with van der Waals surface area (Å²) in [5.74, 6) is -0.0456. The zero-order valence-electron chi connectivity index (χ0n) is 9.67. The lowest BCUT2D eigenvalue weighted by Gasteiger charge is -2.20. The first-order chi connectivity index (χ1) is 8.19. The molecule has 0 fully saturated rings. The molecule has 17 heavy (non-hydrogen) atoms. The van der Waals surface area contributed by atoms with Gasteiger partial charge in [-0.15, -0.1) is 10.2 Å². The standard InChI is InChI=1S/C10H16N4O3/c1-17-7-5-14(4-6-15)10(16)8-2-3-9(11)13-12-8/h2-3,15H,4-7H2,1H3,(H2,11,13). The average Bonchev–Trinajstić information content (AvgIpc) is 2.34. The number of aliphatic hydroxyl groups excluding tert-OH is 1. The molecule has 0 unspecified atom stereocenters. The van der Waals surface area contributed by atoms with Crippen LogP contribution >= 0.6 is 0 Å². The summed E-state index contributed by atoms with van der Waals surface area (Å²) in [6, 6.07) is 3.01. The fourth-order valence-electron chi connectivity index (χ4n) is 1.26. The summed E-state index contributed by atoms with van der Waals surface area (Å²) in [7, 11) is 1.55. The summed E-state index contributed by atoms with van der Waals surface area (Å²) in [6.45, 7) is 0.905. The van der Waals surface area contributed by atoms with Crippen molar-refractivity contribution in [2.24, 2.45) is 0 Å². The maximum atomic E-state index is 12.0. The Labute approximate surface area is 99.2 Å². The highest BCUT2D eigenvalue weighted by atomic mass is 16.5. The van der Waals surface area contributed by atoms with E-state index >= 15 is 0 Å². The van der Waals surface area contributed by atoms with E-state index in [9.17, 15) is 4.79 Å². The zero-order chi connectivity index (χ0) is 12.7. The minimum atomic E-state index is -0.302. The lowest BCUT2D eigenvalue weighted by molar-refractivity contribution is 0.0649. The first-order valence-electron chi connectivity index (χ1n) is 5.17. The second kappa shape index (κ2) is 6.77. The second-order valence-electron chi connectivity index (χ2n) is 3.35. The van der Waals surface area contributed by atoms with Crippen LogP contribution in [0.1, 0.15) is 10.5 Å². The minimum absolute atomic E-state index is 0.113. The lowest BCUT2D eigenvalue weighted by atomic mass is 10.3. The van der Waals surface area contributed by atoms with Crippen LogP contribution in [0.15, 0.2) is 12.1 Å². The van der Waals surface area contributed by atoms with E-state index in [1.54, 1.807) is 7.11 Å². The first kappa shape index (κ1) is 13.3. The number of nitrogen functional groups attached to an aromatic ring is 1. The zero-order valence-corrected chi connectivity index (χ0v) is 9.67. The van der Waals surface area contributed by atoms with Gasteiger partial charge in [-0.2, -0.15) is 0 Å². The summed E-state index contributed by atoms with van der Waals surface area (Å²) in [5, 5.41) is 16.2. The molecule has 0 atom stereocenters. The van der Waals surface area contributed by atoms with Gasteiger partial charge in [-0.05, 0) is 12.1 Å². The van der Waals surface area contributed by atoms with Gasteiger partial charge in [0.2, 0.25) is 0 Å². The summed E-state index contributed by atoms with van der Waals surface area (Å²) < 4.78 is 4.89. The van der Waals surface area contributed by atoms with Crippen molar-refractivity contribution in [1.29, 1.82) is 0 Å². The van der Waals surface area contributed by atoms with Crippen LogP contribution in [0.4, 0.5) is 5.82 Å². The molecular formula is C10H16N4O3. The smallest absolute Gasteiger partial charge is 0.274 e. The third kappa shape index (κ3) is 3.97. The van der Waals surface area contributed by atoms with Gasteiger partial charge >= 0.3 is 0 Å². The average molecular weight is 240 g/mol. The highest BCUT2D eigenvalue weighted by Gasteiger charge is 2.16. The highest BCUT2D eigenvalue weighted by molar-refractivity contribution is 5.92. The van der Waals surface area contributed by atoms with E-state index in [0.717, 1.165) is 0 Å². The Morgan fingerprint density at radius 1 is 1.47 bits per heavy atom. The number of nitrogens with two attached hydrogens (primary N) is 1. The van der Waals surface area contributed by atoms with Crippen LogP contribution in [-0.2, 0) is 4.74 Å². The van der Waals surface area contributed by atoms with Crippen molar-refractivity contribution in [2.45, 2.75) is 0 Å². The number of carbonyl (C=O) groups is 1.